The first-order valence-electron chi connectivity index (χ1n) is 13.6. The van der Waals surface area contributed by atoms with Gasteiger partial charge in [-0.2, -0.15) is 31.8 Å². The van der Waals surface area contributed by atoms with Crippen LogP contribution in [0.5, 0.6) is 5.75 Å². The normalized spacial score (nSPS) is 11.7. The topological polar surface area (TPSA) is 317 Å². The minimum atomic E-state index is -5.19. The van der Waals surface area contributed by atoms with E-state index in [1.54, 1.807) is 0 Å². The Balaban J connectivity index is 0.00000116. The standard InChI is InChI=1S/C22H18N8O11S2.C5H12/c23-20-26-21(24-8-15(31)32)28-22(27-20)25-13-7-10(42(36,37)38)5-9-6-14(43(39,40)41)17(18(33)16(9)13)30-29-12-4-2-1-3-11(12)19(34)35;1-4-5(2)3/h1-7,33H,8H2,(H,31,32)(H,34,35)(H,36,37,38)(H,39,40,41)(H4,23,24,25,26,27,28);5H,4H2,1-3H3. The van der Waals surface area contributed by atoms with Crippen molar-refractivity contribution in [3.8, 4) is 5.75 Å². The van der Waals surface area contributed by atoms with Gasteiger partial charge in [-0.3, -0.25) is 13.9 Å². The number of carboxylic acids is 2. The molecule has 256 valence electrons. The lowest BCUT2D eigenvalue weighted by Crippen LogP contribution is -2.16. The first kappa shape index (κ1) is 37.0. The highest BCUT2D eigenvalue weighted by molar-refractivity contribution is 7.86. The lowest BCUT2D eigenvalue weighted by molar-refractivity contribution is -0.134. The molecule has 0 saturated heterocycles. The average molecular weight is 707 g/mol. The van der Waals surface area contributed by atoms with Crippen molar-refractivity contribution >= 4 is 77.9 Å². The van der Waals surface area contributed by atoms with E-state index in [0.717, 1.165) is 18.1 Å². The van der Waals surface area contributed by atoms with Gasteiger partial charge in [0.2, 0.25) is 17.8 Å². The SMILES string of the molecule is CCC(C)C.Nc1nc(NCC(=O)O)nc(Nc2cc(S(=O)(=O)O)cc3cc(S(=O)(=O)O)c(N=Nc4ccccc4C(=O)O)c(O)c23)n1. The number of nitrogens with one attached hydrogen (secondary N) is 2. The van der Waals surface area contributed by atoms with Crippen LogP contribution < -0.4 is 16.4 Å². The van der Waals surface area contributed by atoms with Crippen LogP contribution in [0.1, 0.15) is 37.6 Å². The van der Waals surface area contributed by atoms with E-state index in [9.17, 15) is 45.7 Å². The quantitative estimate of drug-likeness (QED) is 0.0799. The summed E-state index contributed by atoms with van der Waals surface area (Å²) in [5.41, 5.74) is 3.79. The van der Waals surface area contributed by atoms with Gasteiger partial charge in [0.25, 0.3) is 20.2 Å². The number of hydrogen-bond acceptors (Lipinski definition) is 15. The number of nitrogens with two attached hydrogens (primary N) is 1. The zero-order valence-electron chi connectivity index (χ0n) is 25.3. The molecule has 0 spiro atoms. The van der Waals surface area contributed by atoms with Gasteiger partial charge in [0.15, 0.2) is 5.75 Å². The smallest absolute Gasteiger partial charge is 0.337 e. The van der Waals surface area contributed by atoms with Crippen LogP contribution in [0.15, 0.2) is 62.5 Å². The molecule has 0 amide bonds. The summed E-state index contributed by atoms with van der Waals surface area (Å²) in [5.74, 6) is -3.96. The van der Waals surface area contributed by atoms with Gasteiger partial charge in [-0.05, 0) is 41.6 Å². The van der Waals surface area contributed by atoms with Crippen molar-refractivity contribution in [2.75, 3.05) is 22.9 Å². The van der Waals surface area contributed by atoms with Gasteiger partial charge in [0.1, 0.15) is 22.8 Å². The van der Waals surface area contributed by atoms with E-state index in [-0.39, 0.29) is 33.7 Å². The van der Waals surface area contributed by atoms with Gasteiger partial charge < -0.3 is 31.7 Å². The number of anilines is 4. The molecule has 0 aliphatic heterocycles. The minimum Gasteiger partial charge on any atom is -0.505 e. The van der Waals surface area contributed by atoms with Crippen LogP contribution in [0.4, 0.5) is 34.9 Å². The molecule has 0 aliphatic rings. The van der Waals surface area contributed by atoms with Crippen LogP contribution >= 0.6 is 0 Å². The molecule has 0 fully saturated rings. The van der Waals surface area contributed by atoms with Crippen LogP contribution in [0.2, 0.25) is 0 Å². The average Bonchev–Trinajstić information content (AvgIpc) is 2.98. The summed E-state index contributed by atoms with van der Waals surface area (Å²) >= 11 is 0. The van der Waals surface area contributed by atoms with Crippen LogP contribution in [-0.4, -0.2) is 74.7 Å². The Labute approximate surface area is 273 Å². The molecule has 0 saturated carbocycles. The third-order valence-corrected chi connectivity index (χ3v) is 7.90. The van der Waals surface area contributed by atoms with Crippen LogP contribution in [0.3, 0.4) is 0 Å². The van der Waals surface area contributed by atoms with E-state index in [4.69, 9.17) is 10.8 Å². The zero-order valence-corrected chi connectivity index (χ0v) is 27.0. The van der Waals surface area contributed by atoms with E-state index < -0.39 is 71.8 Å². The second kappa shape index (κ2) is 14.9. The Bertz CT molecular complexity index is 2120. The molecule has 3 aromatic carbocycles. The van der Waals surface area contributed by atoms with Crippen molar-refractivity contribution in [2.24, 2.45) is 16.1 Å². The largest absolute Gasteiger partial charge is 0.505 e. The molecule has 0 unspecified atom stereocenters. The van der Waals surface area contributed by atoms with Crippen molar-refractivity contribution in [1.82, 2.24) is 15.0 Å². The van der Waals surface area contributed by atoms with Gasteiger partial charge in [0, 0.05) is 5.39 Å². The number of benzene rings is 3. The number of carbonyl (C=O) groups is 2. The zero-order chi connectivity index (χ0) is 36.0. The lowest BCUT2D eigenvalue weighted by Gasteiger charge is -2.15. The number of hydrogen-bond donors (Lipinski definition) is 8. The van der Waals surface area contributed by atoms with Gasteiger partial charge in [0.05, 0.1) is 16.1 Å². The van der Waals surface area contributed by atoms with E-state index in [1.807, 2.05) is 0 Å². The maximum absolute atomic E-state index is 12.3. The summed E-state index contributed by atoms with van der Waals surface area (Å²) in [6.45, 7) is 6.02. The van der Waals surface area contributed by atoms with Gasteiger partial charge in [-0.1, -0.05) is 39.3 Å². The number of carboxylic acid groups (broad SMARTS) is 2. The van der Waals surface area contributed by atoms with Gasteiger partial charge in [-0.25, -0.2) is 4.79 Å². The van der Waals surface area contributed by atoms with Crippen molar-refractivity contribution in [1.29, 1.82) is 0 Å². The molecule has 19 nitrogen and oxygen atoms in total. The molecule has 4 aromatic rings. The highest BCUT2D eigenvalue weighted by Gasteiger charge is 2.26. The Hall–Kier alpha value is -5.51. The van der Waals surface area contributed by atoms with E-state index in [1.165, 1.54) is 30.7 Å². The van der Waals surface area contributed by atoms with Gasteiger partial charge >= 0.3 is 11.9 Å². The maximum atomic E-state index is 12.3. The molecule has 4 rings (SSSR count). The lowest BCUT2D eigenvalue weighted by atomic mass is 10.1. The number of nitrogens with zero attached hydrogens (tertiary/aromatic N) is 5. The van der Waals surface area contributed by atoms with Gasteiger partial charge in [-0.15, -0.1) is 10.2 Å². The fraction of sp³-hybridized carbons (Fsp3) is 0.222. The molecule has 0 aliphatic carbocycles. The van der Waals surface area contributed by atoms with Crippen molar-refractivity contribution in [3.05, 3.63) is 48.0 Å². The first-order valence-corrected chi connectivity index (χ1v) is 16.5. The Morgan fingerprint density at radius 2 is 1.56 bits per heavy atom. The number of aliphatic carboxylic acids is 1. The highest BCUT2D eigenvalue weighted by atomic mass is 32.2. The number of aromatic hydroxyl groups is 1. The molecule has 9 N–H and O–H groups in total. The number of aromatic nitrogens is 3. The summed E-state index contributed by atoms with van der Waals surface area (Å²) in [6, 6.07) is 7.49. The van der Waals surface area contributed by atoms with Crippen molar-refractivity contribution in [2.45, 2.75) is 37.0 Å². The summed E-state index contributed by atoms with van der Waals surface area (Å²) in [6.07, 6.45) is 1.31. The molecule has 21 heteroatoms. The summed E-state index contributed by atoms with van der Waals surface area (Å²) < 4.78 is 68.1. The number of azo groups is 1. The summed E-state index contributed by atoms with van der Waals surface area (Å²) in [4.78, 5) is 31.9. The molecule has 1 aromatic heterocycles. The van der Waals surface area contributed by atoms with Crippen molar-refractivity contribution in [3.63, 3.8) is 0 Å². The van der Waals surface area contributed by atoms with E-state index >= 15 is 0 Å². The molecule has 0 atom stereocenters. The van der Waals surface area contributed by atoms with Crippen LogP contribution in [0.25, 0.3) is 10.8 Å². The Kier molecular flexibility index (Phi) is 11.5. The fourth-order valence-electron chi connectivity index (χ4n) is 3.65. The molecule has 48 heavy (non-hydrogen) atoms. The molecule has 1 heterocycles. The summed E-state index contributed by atoms with van der Waals surface area (Å²) in [7, 11) is -10.2. The Morgan fingerprint density at radius 1 is 0.938 bits per heavy atom. The number of phenols is 1. The van der Waals surface area contributed by atoms with E-state index in [2.05, 4.69) is 56.6 Å². The minimum absolute atomic E-state index is 0.252. The summed E-state index contributed by atoms with van der Waals surface area (Å²) in [5, 5.41) is 41.0. The molecular formula is C27H30N8O11S2. The van der Waals surface area contributed by atoms with Crippen molar-refractivity contribution < 1.29 is 50.8 Å². The number of phenolic OH excluding ortho intramolecular Hbond substituents is 1. The predicted molar refractivity (Wildman–Crippen MR) is 172 cm³/mol. The fourth-order valence-corrected chi connectivity index (χ4v) is 4.85. The molecule has 0 bridgehead atoms. The predicted octanol–water partition coefficient (Wildman–Crippen LogP) is 4.21. The van der Waals surface area contributed by atoms with E-state index in [0.29, 0.717) is 6.07 Å². The highest BCUT2D eigenvalue weighted by Crippen LogP contribution is 2.45. The maximum Gasteiger partial charge on any atom is 0.337 e. The molecular weight excluding hydrogens is 676 g/mol. The first-order chi connectivity index (χ1) is 22.3. The monoisotopic (exact) mass is 706 g/mol. The third kappa shape index (κ3) is 9.51. The number of aromatic carboxylic acids is 1. The van der Waals surface area contributed by atoms with Crippen LogP contribution in [-0.2, 0) is 25.0 Å². The number of fused-ring (bicyclic) bond motifs is 1. The third-order valence-electron chi connectivity index (χ3n) is 6.20. The Morgan fingerprint density at radius 3 is 2.12 bits per heavy atom. The number of nitrogen functional groups attached to an aromatic ring is 1. The van der Waals surface area contributed by atoms with Crippen LogP contribution in [0, 0.1) is 5.92 Å². The molecule has 0 radical (unpaired) electrons. The second-order valence-electron chi connectivity index (χ2n) is 10.1. The second-order valence-corrected chi connectivity index (χ2v) is 12.9. The number of rotatable bonds is 11.